The van der Waals surface area contributed by atoms with Crippen molar-refractivity contribution in [2.75, 3.05) is 6.61 Å². The fourth-order valence-corrected chi connectivity index (χ4v) is 3.02. The summed E-state index contributed by atoms with van der Waals surface area (Å²) in [6.45, 7) is 8.98. The van der Waals surface area contributed by atoms with Crippen molar-refractivity contribution in [2.45, 2.75) is 19.8 Å². The molecule has 0 N–H and O–H groups in total. The Morgan fingerprint density at radius 1 is 1.00 bits per heavy atom. The fraction of sp³-hybridized carbons (Fsp3) is 0.167. The number of esters is 2. The van der Waals surface area contributed by atoms with E-state index in [1.165, 1.54) is 11.6 Å². The Hall–Kier alpha value is -3.40. The molecule has 0 spiro atoms. The van der Waals surface area contributed by atoms with Gasteiger partial charge in [0, 0.05) is 11.6 Å². The predicted octanol–water partition coefficient (Wildman–Crippen LogP) is 5.14. The van der Waals surface area contributed by atoms with Gasteiger partial charge in [-0.3, -0.25) is 0 Å². The molecule has 0 aliphatic carbocycles. The zero-order valence-electron chi connectivity index (χ0n) is 15.9. The molecule has 0 saturated carbocycles. The van der Waals surface area contributed by atoms with Crippen molar-refractivity contribution in [3.63, 3.8) is 0 Å². The standard InChI is InChI=1S/C24H22O4/c1-4-23(25)27-13-5-6-17-7-11-21-18(14-17)8-9-19-15-20(10-12-22(19)21)28-24(26)16(2)3/h4,7-12,14-15H,1-2,5-6,13H2,3H3. The maximum Gasteiger partial charge on any atom is 0.338 e. The normalized spacial score (nSPS) is 10.6. The predicted molar refractivity (Wildman–Crippen MR) is 111 cm³/mol. The smallest absolute Gasteiger partial charge is 0.338 e. The fourth-order valence-electron chi connectivity index (χ4n) is 3.02. The minimum atomic E-state index is -0.427. The highest BCUT2D eigenvalue weighted by atomic mass is 16.5. The van der Waals surface area contributed by atoms with Crippen LogP contribution in [0.15, 0.2) is 73.3 Å². The van der Waals surface area contributed by atoms with E-state index in [1.807, 2.05) is 18.2 Å². The van der Waals surface area contributed by atoms with Crippen LogP contribution >= 0.6 is 0 Å². The average molecular weight is 374 g/mol. The van der Waals surface area contributed by atoms with Gasteiger partial charge in [-0.25, -0.2) is 9.59 Å². The molecule has 0 amide bonds. The molecule has 3 rings (SSSR count). The topological polar surface area (TPSA) is 52.6 Å². The molecule has 28 heavy (non-hydrogen) atoms. The van der Waals surface area contributed by atoms with Crippen LogP contribution in [0, 0.1) is 0 Å². The van der Waals surface area contributed by atoms with Crippen LogP contribution in [0.2, 0.25) is 0 Å². The van der Waals surface area contributed by atoms with Gasteiger partial charge in [0.25, 0.3) is 0 Å². The molecule has 0 unspecified atom stereocenters. The highest BCUT2D eigenvalue weighted by Gasteiger charge is 2.08. The molecule has 0 aliphatic rings. The van der Waals surface area contributed by atoms with Crippen LogP contribution in [0.4, 0.5) is 0 Å². The van der Waals surface area contributed by atoms with Crippen molar-refractivity contribution >= 4 is 33.5 Å². The van der Waals surface area contributed by atoms with Crippen LogP contribution in [0.25, 0.3) is 21.5 Å². The van der Waals surface area contributed by atoms with Crippen LogP contribution in [-0.4, -0.2) is 18.5 Å². The Bertz CT molecular complexity index is 1080. The first-order valence-corrected chi connectivity index (χ1v) is 9.10. The maximum atomic E-state index is 11.7. The van der Waals surface area contributed by atoms with Crippen molar-refractivity contribution in [3.8, 4) is 5.75 Å². The second kappa shape index (κ2) is 8.53. The van der Waals surface area contributed by atoms with Gasteiger partial charge in [0.2, 0.25) is 0 Å². The summed E-state index contributed by atoms with van der Waals surface area (Å²) in [5.41, 5.74) is 1.55. The van der Waals surface area contributed by atoms with Crippen LogP contribution in [0.1, 0.15) is 18.9 Å². The number of ether oxygens (including phenoxy) is 2. The molecule has 3 aromatic carbocycles. The molecule has 0 aliphatic heterocycles. The third-order valence-electron chi connectivity index (χ3n) is 4.45. The number of aryl methyl sites for hydroxylation is 1. The maximum absolute atomic E-state index is 11.7. The highest BCUT2D eigenvalue weighted by molar-refractivity contribution is 6.08. The van der Waals surface area contributed by atoms with Gasteiger partial charge in [0.15, 0.2) is 0 Å². The molecule has 0 radical (unpaired) electrons. The summed E-state index contributed by atoms with van der Waals surface area (Å²) in [5, 5.41) is 4.37. The summed E-state index contributed by atoms with van der Waals surface area (Å²) in [6, 6.07) is 16.0. The zero-order chi connectivity index (χ0) is 20.1. The second-order valence-electron chi connectivity index (χ2n) is 6.65. The number of fused-ring (bicyclic) bond motifs is 3. The van der Waals surface area contributed by atoms with Crippen molar-refractivity contribution in [3.05, 3.63) is 78.9 Å². The van der Waals surface area contributed by atoms with Gasteiger partial charge in [0.05, 0.1) is 6.61 Å². The lowest BCUT2D eigenvalue weighted by Crippen LogP contribution is -2.07. The third kappa shape index (κ3) is 4.46. The van der Waals surface area contributed by atoms with Crippen LogP contribution in [0.5, 0.6) is 5.75 Å². The first-order valence-electron chi connectivity index (χ1n) is 9.10. The first kappa shape index (κ1) is 19.4. The first-order chi connectivity index (χ1) is 13.5. The quantitative estimate of drug-likeness (QED) is 0.189. The molecule has 0 saturated heterocycles. The summed E-state index contributed by atoms with van der Waals surface area (Å²) in [6.07, 6.45) is 2.76. The molecule has 142 valence electrons. The average Bonchev–Trinajstić information content (AvgIpc) is 2.70. The van der Waals surface area contributed by atoms with E-state index in [9.17, 15) is 9.59 Å². The molecule has 4 heteroatoms. The van der Waals surface area contributed by atoms with Crippen LogP contribution < -0.4 is 4.74 Å². The number of hydrogen-bond acceptors (Lipinski definition) is 4. The van der Waals surface area contributed by atoms with Crippen molar-refractivity contribution in [2.24, 2.45) is 0 Å². The van der Waals surface area contributed by atoms with E-state index in [1.54, 1.807) is 13.0 Å². The highest BCUT2D eigenvalue weighted by Crippen LogP contribution is 2.29. The molecule has 3 aromatic rings. The minimum absolute atomic E-state index is 0.366. The molecular formula is C24H22O4. The second-order valence-corrected chi connectivity index (χ2v) is 6.65. The Morgan fingerprint density at radius 3 is 2.36 bits per heavy atom. The lowest BCUT2D eigenvalue weighted by molar-refractivity contribution is -0.137. The molecule has 4 nitrogen and oxygen atoms in total. The van der Waals surface area contributed by atoms with Gasteiger partial charge in [-0.15, -0.1) is 0 Å². The molecule has 0 aromatic heterocycles. The van der Waals surface area contributed by atoms with Crippen LogP contribution in [0.3, 0.4) is 0 Å². The van der Waals surface area contributed by atoms with Crippen LogP contribution in [-0.2, 0) is 20.7 Å². The summed E-state index contributed by atoms with van der Waals surface area (Å²) in [5.74, 6) is -0.313. The van der Waals surface area contributed by atoms with Gasteiger partial charge in [-0.05, 0) is 59.0 Å². The molecule has 0 heterocycles. The van der Waals surface area contributed by atoms with E-state index < -0.39 is 11.9 Å². The summed E-state index contributed by atoms with van der Waals surface area (Å²) in [4.78, 5) is 22.8. The zero-order valence-corrected chi connectivity index (χ0v) is 15.9. The lowest BCUT2D eigenvalue weighted by atomic mass is 9.98. The SMILES string of the molecule is C=CC(=O)OCCCc1ccc2c(ccc3cc(OC(=O)C(=C)C)ccc32)c1. The third-order valence-corrected chi connectivity index (χ3v) is 4.45. The number of rotatable bonds is 7. The summed E-state index contributed by atoms with van der Waals surface area (Å²) < 4.78 is 10.3. The van der Waals surface area contributed by atoms with Gasteiger partial charge >= 0.3 is 11.9 Å². The molecule has 0 atom stereocenters. The largest absolute Gasteiger partial charge is 0.463 e. The number of benzene rings is 3. The van der Waals surface area contributed by atoms with Gasteiger partial charge in [-0.2, -0.15) is 0 Å². The van der Waals surface area contributed by atoms with Crippen molar-refractivity contribution in [1.82, 2.24) is 0 Å². The monoisotopic (exact) mass is 374 g/mol. The molecular weight excluding hydrogens is 352 g/mol. The van der Waals surface area contributed by atoms with Crippen molar-refractivity contribution in [1.29, 1.82) is 0 Å². The Morgan fingerprint density at radius 2 is 1.68 bits per heavy atom. The van der Waals surface area contributed by atoms with E-state index in [4.69, 9.17) is 9.47 Å². The van der Waals surface area contributed by atoms with E-state index >= 15 is 0 Å². The van der Waals surface area contributed by atoms with E-state index in [0.29, 0.717) is 17.9 Å². The van der Waals surface area contributed by atoms with Gasteiger partial charge in [-0.1, -0.05) is 49.6 Å². The van der Waals surface area contributed by atoms with E-state index in [0.717, 1.165) is 34.4 Å². The molecule has 0 bridgehead atoms. The van der Waals surface area contributed by atoms with Gasteiger partial charge < -0.3 is 9.47 Å². The number of carbonyl (C=O) groups is 2. The minimum Gasteiger partial charge on any atom is -0.463 e. The van der Waals surface area contributed by atoms with E-state index in [2.05, 4.69) is 37.4 Å². The van der Waals surface area contributed by atoms with Gasteiger partial charge in [0.1, 0.15) is 5.75 Å². The Labute approximate surface area is 164 Å². The summed E-state index contributed by atoms with van der Waals surface area (Å²) >= 11 is 0. The lowest BCUT2D eigenvalue weighted by Gasteiger charge is -2.09. The Balaban J connectivity index is 1.78. The molecule has 0 fully saturated rings. The van der Waals surface area contributed by atoms with E-state index in [-0.39, 0.29) is 0 Å². The Kier molecular flexibility index (Phi) is 5.90. The summed E-state index contributed by atoms with van der Waals surface area (Å²) in [7, 11) is 0. The van der Waals surface area contributed by atoms with Crippen molar-refractivity contribution < 1.29 is 19.1 Å². The number of carbonyl (C=O) groups excluding carboxylic acids is 2. The number of hydrogen-bond donors (Lipinski definition) is 0.